The third kappa shape index (κ3) is 3.71. The van der Waals surface area contributed by atoms with Crippen LogP contribution in [0.1, 0.15) is 54.4 Å². The number of phenols is 1. The topological polar surface area (TPSA) is 96.2 Å². The smallest absolute Gasteiger partial charge is 0.276 e. The van der Waals surface area contributed by atoms with E-state index in [1.54, 1.807) is 11.0 Å². The minimum atomic E-state index is -0.436. The lowest BCUT2D eigenvalue weighted by Gasteiger charge is -2.60. The Labute approximate surface area is 228 Å². The Morgan fingerprint density at radius 1 is 1.28 bits per heavy atom. The number of piperidine rings is 1. The number of likely N-dealkylation sites (tertiary alicyclic amines) is 1. The zero-order chi connectivity index (χ0) is 27.1. The van der Waals surface area contributed by atoms with Gasteiger partial charge in [-0.2, -0.15) is 0 Å². The van der Waals surface area contributed by atoms with Crippen LogP contribution in [-0.4, -0.2) is 64.1 Å². The van der Waals surface area contributed by atoms with Gasteiger partial charge in [0.25, 0.3) is 5.69 Å². The molecule has 39 heavy (non-hydrogen) atoms. The quantitative estimate of drug-likeness (QED) is 0.334. The number of nitrogens with zero attached hydrogens (tertiary/aromatic N) is 3. The second kappa shape index (κ2) is 8.81. The van der Waals surface area contributed by atoms with Crippen molar-refractivity contribution >= 4 is 17.7 Å². The number of benzene rings is 2. The number of amides is 1. The highest BCUT2D eigenvalue weighted by Crippen LogP contribution is 2.65. The van der Waals surface area contributed by atoms with Crippen LogP contribution in [0.2, 0.25) is 0 Å². The number of phenolic OH excluding ortho intramolecular Hbond substituents is 1. The second-order valence-electron chi connectivity index (χ2n) is 12.3. The van der Waals surface area contributed by atoms with Crippen molar-refractivity contribution in [3.8, 4) is 11.5 Å². The van der Waals surface area contributed by atoms with Crippen LogP contribution >= 0.6 is 0 Å². The number of nitro benzene ring substituents is 1. The maximum Gasteiger partial charge on any atom is 0.276 e. The third-order valence-electron chi connectivity index (χ3n) is 10.2. The predicted molar refractivity (Wildman–Crippen MR) is 147 cm³/mol. The summed E-state index contributed by atoms with van der Waals surface area (Å²) >= 11 is 0. The van der Waals surface area contributed by atoms with E-state index in [0.717, 1.165) is 60.5 Å². The first-order valence-electron chi connectivity index (χ1n) is 14.2. The number of hydrogen-bond acceptors (Lipinski definition) is 6. The molecule has 204 valence electrons. The fourth-order valence-electron chi connectivity index (χ4n) is 8.30. The number of aromatic hydroxyl groups is 1. The summed E-state index contributed by atoms with van der Waals surface area (Å²) in [6, 6.07) is 9.33. The lowest BCUT2D eigenvalue weighted by molar-refractivity contribution is -0.385. The van der Waals surface area contributed by atoms with Gasteiger partial charge in [-0.3, -0.25) is 19.8 Å². The Kier molecular flexibility index (Phi) is 5.57. The number of likely N-dealkylation sites (N-methyl/N-ethyl adjacent to an activating group) is 1. The van der Waals surface area contributed by atoms with Crippen LogP contribution < -0.4 is 4.74 Å². The van der Waals surface area contributed by atoms with Crippen molar-refractivity contribution in [2.75, 3.05) is 20.1 Å². The van der Waals surface area contributed by atoms with Gasteiger partial charge in [-0.25, -0.2) is 0 Å². The molecular weight excluding hydrogens is 494 g/mol. The molecule has 3 aliphatic carbocycles. The molecule has 1 saturated heterocycles. The van der Waals surface area contributed by atoms with Crippen molar-refractivity contribution < 1.29 is 19.6 Å². The SMILES string of the molecule is Cc1cccc(C=CC(=O)N(C)[C@H]2CC[C@H]3[C@H]4Cc5c([N+](=O)[O-])cc(O)c6c5[C@@]3(CCN4CC3CC3)[C@H]2O6)c1. The number of carbonyl (C=O) groups excluding carboxylic acids is 1. The van der Waals surface area contributed by atoms with Crippen LogP contribution in [0.15, 0.2) is 36.4 Å². The molecule has 0 unspecified atom stereocenters. The number of aryl methyl sites for hydroxylation is 1. The average Bonchev–Trinajstić information content (AvgIpc) is 3.67. The monoisotopic (exact) mass is 529 g/mol. The molecule has 8 heteroatoms. The molecule has 2 aromatic rings. The normalized spacial score (nSPS) is 30.6. The van der Waals surface area contributed by atoms with E-state index in [2.05, 4.69) is 4.90 Å². The lowest BCUT2D eigenvalue weighted by Crippen LogP contribution is -2.69. The van der Waals surface area contributed by atoms with E-state index in [0.29, 0.717) is 12.2 Å². The Bertz CT molecular complexity index is 1400. The highest BCUT2D eigenvalue weighted by molar-refractivity contribution is 5.92. The summed E-state index contributed by atoms with van der Waals surface area (Å²) in [4.78, 5) is 29.6. The van der Waals surface area contributed by atoms with Gasteiger partial charge in [0.2, 0.25) is 5.91 Å². The Morgan fingerprint density at radius 3 is 2.85 bits per heavy atom. The first-order valence-corrected chi connectivity index (χ1v) is 14.2. The highest BCUT2D eigenvalue weighted by atomic mass is 16.6. The Morgan fingerprint density at radius 2 is 2.10 bits per heavy atom. The van der Waals surface area contributed by atoms with E-state index < -0.39 is 5.41 Å². The van der Waals surface area contributed by atoms with Gasteiger partial charge in [-0.15, -0.1) is 0 Å². The summed E-state index contributed by atoms with van der Waals surface area (Å²) < 4.78 is 6.63. The van der Waals surface area contributed by atoms with Crippen LogP contribution in [0.5, 0.6) is 11.5 Å². The van der Waals surface area contributed by atoms with E-state index in [9.17, 15) is 20.0 Å². The molecule has 5 aliphatic rings. The van der Waals surface area contributed by atoms with Crippen molar-refractivity contribution in [1.82, 2.24) is 9.80 Å². The molecule has 2 saturated carbocycles. The molecule has 2 aliphatic heterocycles. The van der Waals surface area contributed by atoms with Gasteiger partial charge in [-0.05, 0) is 75.5 Å². The van der Waals surface area contributed by atoms with Gasteiger partial charge in [0.05, 0.1) is 17.0 Å². The molecule has 0 radical (unpaired) electrons. The van der Waals surface area contributed by atoms with E-state index in [1.807, 2.05) is 44.3 Å². The van der Waals surface area contributed by atoms with Gasteiger partial charge in [0, 0.05) is 42.3 Å². The number of carbonyl (C=O) groups is 1. The molecule has 1 N–H and O–H groups in total. The molecule has 1 amide bonds. The van der Waals surface area contributed by atoms with Gasteiger partial charge >= 0.3 is 0 Å². The summed E-state index contributed by atoms with van der Waals surface area (Å²) in [5.41, 5.74) is 3.26. The van der Waals surface area contributed by atoms with Gasteiger partial charge < -0.3 is 14.7 Å². The van der Waals surface area contributed by atoms with Crippen molar-refractivity contribution in [2.24, 2.45) is 11.8 Å². The maximum absolute atomic E-state index is 13.4. The van der Waals surface area contributed by atoms with Crippen LogP contribution in [0.3, 0.4) is 0 Å². The summed E-state index contributed by atoms with van der Waals surface area (Å²) in [5, 5.41) is 23.1. The zero-order valence-corrected chi connectivity index (χ0v) is 22.5. The van der Waals surface area contributed by atoms with Crippen molar-refractivity contribution in [1.29, 1.82) is 0 Å². The standard InChI is InChI=1S/C31H35N3O5/c1-18-4-3-5-19(14-18)8-11-27(36)32(2)23-10-9-22-25-15-21-24(34(37)38)16-26(35)29-28(21)31(22,30(23)39-29)12-13-33(25)17-20-6-7-20/h3-5,8,11,14,16,20,22-23,25,30,35H,6-7,9-10,12-13,15,17H2,1-2H3/t22-,23-,25+,30-,31-/m0/s1. The summed E-state index contributed by atoms with van der Waals surface area (Å²) in [6.07, 6.45) is 8.84. The van der Waals surface area contributed by atoms with E-state index in [-0.39, 0.29) is 46.4 Å². The van der Waals surface area contributed by atoms with Crippen LogP contribution in [0, 0.1) is 28.9 Å². The van der Waals surface area contributed by atoms with Gasteiger partial charge in [0.15, 0.2) is 11.5 Å². The molecule has 0 aromatic heterocycles. The predicted octanol–water partition coefficient (Wildman–Crippen LogP) is 4.60. The molecule has 8 nitrogen and oxygen atoms in total. The van der Waals surface area contributed by atoms with E-state index >= 15 is 0 Å². The molecule has 5 atom stereocenters. The first kappa shape index (κ1) is 24.6. The summed E-state index contributed by atoms with van der Waals surface area (Å²) in [6.45, 7) is 4.00. The molecule has 1 spiro atoms. The zero-order valence-electron chi connectivity index (χ0n) is 22.5. The van der Waals surface area contributed by atoms with Crippen molar-refractivity contribution in [3.05, 3.63) is 68.8 Å². The Hall–Kier alpha value is -3.39. The van der Waals surface area contributed by atoms with Crippen molar-refractivity contribution in [2.45, 2.75) is 69.1 Å². The van der Waals surface area contributed by atoms with Crippen LogP contribution in [0.4, 0.5) is 5.69 Å². The number of ether oxygens (including phenoxy) is 1. The van der Waals surface area contributed by atoms with Crippen LogP contribution in [-0.2, 0) is 16.6 Å². The Balaban J connectivity index is 1.27. The first-order chi connectivity index (χ1) is 18.8. The number of nitro groups is 1. The summed E-state index contributed by atoms with van der Waals surface area (Å²) in [7, 11) is 1.84. The fourth-order valence-corrected chi connectivity index (χ4v) is 8.30. The molecule has 7 rings (SSSR count). The highest BCUT2D eigenvalue weighted by Gasteiger charge is 2.67. The maximum atomic E-state index is 13.4. The molecule has 2 heterocycles. The summed E-state index contributed by atoms with van der Waals surface area (Å²) in [5.74, 6) is 1.18. The largest absolute Gasteiger partial charge is 0.504 e. The van der Waals surface area contributed by atoms with Crippen LogP contribution in [0.25, 0.3) is 6.08 Å². The van der Waals surface area contributed by atoms with E-state index in [4.69, 9.17) is 4.74 Å². The minimum Gasteiger partial charge on any atom is -0.504 e. The molecular formula is C31H35N3O5. The molecule has 3 fully saturated rings. The minimum absolute atomic E-state index is 0.000704. The second-order valence-corrected chi connectivity index (χ2v) is 12.3. The lowest BCUT2D eigenvalue weighted by atomic mass is 9.50. The third-order valence-corrected chi connectivity index (χ3v) is 10.2. The van der Waals surface area contributed by atoms with Crippen molar-refractivity contribution in [3.63, 3.8) is 0 Å². The van der Waals surface area contributed by atoms with E-state index in [1.165, 1.54) is 18.9 Å². The molecule has 2 bridgehead atoms. The van der Waals surface area contributed by atoms with Gasteiger partial charge in [0.1, 0.15) is 6.10 Å². The average molecular weight is 530 g/mol. The molecule has 2 aromatic carbocycles. The number of hydrogen-bond donors (Lipinski definition) is 1. The number of rotatable bonds is 6. The fraction of sp³-hybridized carbons (Fsp3) is 0.516. The van der Waals surface area contributed by atoms with Gasteiger partial charge in [-0.1, -0.05) is 29.8 Å².